The molecule has 23 heavy (non-hydrogen) atoms. The fourth-order valence-corrected chi connectivity index (χ4v) is 2.68. The number of nitrogens with one attached hydrogen (secondary N) is 2. The van der Waals surface area contributed by atoms with E-state index in [1.165, 1.54) is 18.4 Å². The number of hydrogen-bond donors (Lipinski definition) is 2. The first-order chi connectivity index (χ1) is 11.3. The van der Waals surface area contributed by atoms with Gasteiger partial charge < -0.3 is 15.4 Å². The summed E-state index contributed by atoms with van der Waals surface area (Å²) >= 11 is 0. The zero-order valence-corrected chi connectivity index (χ0v) is 13.3. The molecule has 2 aromatic rings. The van der Waals surface area contributed by atoms with Crippen LogP contribution in [-0.4, -0.2) is 13.1 Å². The minimum Gasteiger partial charge on any atom is -0.497 e. The van der Waals surface area contributed by atoms with Crippen molar-refractivity contribution in [2.75, 3.05) is 7.11 Å². The first kappa shape index (κ1) is 15.4. The van der Waals surface area contributed by atoms with Crippen molar-refractivity contribution in [1.82, 2.24) is 10.6 Å². The maximum absolute atomic E-state index is 12.2. The Morgan fingerprint density at radius 1 is 1.13 bits per heavy atom. The second-order valence-electron chi connectivity index (χ2n) is 5.90. The highest BCUT2D eigenvalue weighted by Crippen LogP contribution is 2.40. The molecule has 0 bridgehead atoms. The maximum atomic E-state index is 12.2. The molecule has 0 saturated heterocycles. The number of ether oxygens (including phenoxy) is 1. The van der Waals surface area contributed by atoms with Crippen LogP contribution in [0.15, 0.2) is 54.6 Å². The molecule has 0 spiro atoms. The van der Waals surface area contributed by atoms with Crippen LogP contribution < -0.4 is 15.4 Å². The summed E-state index contributed by atoms with van der Waals surface area (Å²) < 4.78 is 5.13. The fraction of sp³-hybridized carbons (Fsp3) is 0.316. The summed E-state index contributed by atoms with van der Waals surface area (Å²) in [6, 6.07) is 17.9. The van der Waals surface area contributed by atoms with Gasteiger partial charge >= 0.3 is 6.03 Å². The van der Waals surface area contributed by atoms with Crippen LogP contribution in [0.5, 0.6) is 5.75 Å². The highest BCUT2D eigenvalue weighted by molar-refractivity contribution is 5.74. The molecule has 4 heteroatoms. The van der Waals surface area contributed by atoms with Gasteiger partial charge in [0.05, 0.1) is 13.2 Å². The third kappa shape index (κ3) is 4.25. The average Bonchev–Trinajstić information content (AvgIpc) is 3.44. The molecule has 0 heterocycles. The van der Waals surface area contributed by atoms with E-state index in [0.29, 0.717) is 12.5 Å². The van der Waals surface area contributed by atoms with Crippen molar-refractivity contribution in [1.29, 1.82) is 0 Å². The van der Waals surface area contributed by atoms with Gasteiger partial charge in [-0.2, -0.15) is 0 Å². The van der Waals surface area contributed by atoms with Gasteiger partial charge in [0.2, 0.25) is 0 Å². The van der Waals surface area contributed by atoms with Gasteiger partial charge in [-0.3, -0.25) is 0 Å². The summed E-state index contributed by atoms with van der Waals surface area (Å²) in [6.45, 7) is 0.502. The lowest BCUT2D eigenvalue weighted by Gasteiger charge is -2.19. The van der Waals surface area contributed by atoms with Crippen LogP contribution >= 0.6 is 0 Å². The summed E-state index contributed by atoms with van der Waals surface area (Å²) in [5.41, 5.74) is 2.22. The Balaban J connectivity index is 1.55. The highest BCUT2D eigenvalue weighted by Gasteiger charge is 2.33. The zero-order valence-electron chi connectivity index (χ0n) is 13.3. The molecule has 2 amide bonds. The molecule has 1 unspecified atom stereocenters. The number of rotatable bonds is 6. The van der Waals surface area contributed by atoms with E-state index in [1.807, 2.05) is 42.5 Å². The second-order valence-corrected chi connectivity index (χ2v) is 5.90. The molecule has 0 aliphatic heterocycles. The molecule has 120 valence electrons. The smallest absolute Gasteiger partial charge is 0.315 e. The van der Waals surface area contributed by atoms with E-state index in [2.05, 4.69) is 22.8 Å². The number of carbonyl (C=O) groups is 1. The van der Waals surface area contributed by atoms with E-state index in [1.54, 1.807) is 7.11 Å². The quantitative estimate of drug-likeness (QED) is 0.855. The van der Waals surface area contributed by atoms with Crippen LogP contribution in [0.25, 0.3) is 0 Å². The Bertz CT molecular complexity index is 636. The predicted molar refractivity (Wildman–Crippen MR) is 90.3 cm³/mol. The molecule has 1 fully saturated rings. The van der Waals surface area contributed by atoms with Crippen LogP contribution in [-0.2, 0) is 6.54 Å². The molecule has 4 nitrogen and oxygen atoms in total. The van der Waals surface area contributed by atoms with Gasteiger partial charge in [0.25, 0.3) is 0 Å². The first-order valence-electron chi connectivity index (χ1n) is 7.98. The lowest BCUT2D eigenvalue weighted by molar-refractivity contribution is 0.235. The number of benzene rings is 2. The molecular formula is C19H22N2O2. The largest absolute Gasteiger partial charge is 0.497 e. The van der Waals surface area contributed by atoms with E-state index in [9.17, 15) is 4.79 Å². The standard InChI is InChI=1S/C19H22N2O2/c1-23-17-11-7-14(8-12-17)13-20-19(22)21-18(16-9-10-16)15-5-3-2-4-6-15/h2-8,11-12,16,18H,9-10,13H2,1H3,(H2,20,21,22). The van der Waals surface area contributed by atoms with Crippen LogP contribution in [0.4, 0.5) is 4.79 Å². The summed E-state index contributed by atoms with van der Waals surface area (Å²) in [6.07, 6.45) is 2.36. The van der Waals surface area contributed by atoms with Gasteiger partial charge in [0.1, 0.15) is 5.75 Å². The van der Waals surface area contributed by atoms with Crippen molar-refractivity contribution in [2.45, 2.75) is 25.4 Å². The Morgan fingerprint density at radius 3 is 2.43 bits per heavy atom. The lowest BCUT2D eigenvalue weighted by Crippen LogP contribution is -2.38. The fourth-order valence-electron chi connectivity index (χ4n) is 2.68. The van der Waals surface area contributed by atoms with Crippen molar-refractivity contribution < 1.29 is 9.53 Å². The normalized spacial score (nSPS) is 14.8. The van der Waals surface area contributed by atoms with Gasteiger partial charge in [-0.25, -0.2) is 4.79 Å². The number of urea groups is 1. The number of methoxy groups -OCH3 is 1. The summed E-state index contributed by atoms with van der Waals surface area (Å²) in [5.74, 6) is 1.38. The molecule has 1 aliphatic carbocycles. The molecule has 0 radical (unpaired) electrons. The third-order valence-electron chi connectivity index (χ3n) is 4.15. The van der Waals surface area contributed by atoms with Crippen LogP contribution in [0.1, 0.15) is 30.0 Å². The number of hydrogen-bond acceptors (Lipinski definition) is 2. The van der Waals surface area contributed by atoms with E-state index in [0.717, 1.165) is 11.3 Å². The van der Waals surface area contributed by atoms with Gasteiger partial charge in [-0.15, -0.1) is 0 Å². The molecule has 0 aromatic heterocycles. The van der Waals surface area contributed by atoms with E-state index in [-0.39, 0.29) is 12.1 Å². The van der Waals surface area contributed by atoms with Crippen LogP contribution in [0.3, 0.4) is 0 Å². The van der Waals surface area contributed by atoms with Crippen molar-refractivity contribution in [2.24, 2.45) is 5.92 Å². The second kappa shape index (κ2) is 7.18. The summed E-state index contributed by atoms with van der Waals surface area (Å²) in [5, 5.41) is 6.04. The molecule has 1 aliphatic rings. The number of carbonyl (C=O) groups excluding carboxylic acids is 1. The summed E-state index contributed by atoms with van der Waals surface area (Å²) in [4.78, 5) is 12.2. The van der Waals surface area contributed by atoms with Gasteiger partial charge in [-0.1, -0.05) is 42.5 Å². The number of amides is 2. The van der Waals surface area contributed by atoms with Crippen molar-refractivity contribution in [3.05, 3.63) is 65.7 Å². The van der Waals surface area contributed by atoms with Gasteiger partial charge in [0, 0.05) is 6.54 Å². The van der Waals surface area contributed by atoms with Gasteiger partial charge in [0.15, 0.2) is 0 Å². The van der Waals surface area contributed by atoms with Gasteiger partial charge in [-0.05, 0) is 42.0 Å². The Morgan fingerprint density at radius 2 is 1.83 bits per heavy atom. The molecular weight excluding hydrogens is 288 g/mol. The highest BCUT2D eigenvalue weighted by atomic mass is 16.5. The Hall–Kier alpha value is -2.49. The Kier molecular flexibility index (Phi) is 4.81. The monoisotopic (exact) mass is 310 g/mol. The third-order valence-corrected chi connectivity index (χ3v) is 4.15. The van der Waals surface area contributed by atoms with Crippen LogP contribution in [0, 0.1) is 5.92 Å². The lowest BCUT2D eigenvalue weighted by atomic mass is 10.0. The summed E-state index contributed by atoms with van der Waals surface area (Å²) in [7, 11) is 1.64. The maximum Gasteiger partial charge on any atom is 0.315 e. The zero-order chi connectivity index (χ0) is 16.1. The van der Waals surface area contributed by atoms with E-state index in [4.69, 9.17) is 4.74 Å². The van der Waals surface area contributed by atoms with Crippen molar-refractivity contribution >= 4 is 6.03 Å². The van der Waals surface area contributed by atoms with Crippen LogP contribution in [0.2, 0.25) is 0 Å². The predicted octanol–water partition coefficient (Wildman–Crippen LogP) is 3.65. The minimum absolute atomic E-state index is 0.104. The average molecular weight is 310 g/mol. The Labute approximate surface area is 136 Å². The molecule has 2 aromatic carbocycles. The SMILES string of the molecule is COc1ccc(CNC(=O)NC(c2ccccc2)C2CC2)cc1. The molecule has 2 N–H and O–H groups in total. The van der Waals surface area contributed by atoms with Crippen molar-refractivity contribution in [3.8, 4) is 5.75 Å². The van der Waals surface area contributed by atoms with E-state index < -0.39 is 0 Å². The van der Waals surface area contributed by atoms with E-state index >= 15 is 0 Å². The molecule has 1 saturated carbocycles. The molecule has 1 atom stereocenters. The molecule has 3 rings (SSSR count). The topological polar surface area (TPSA) is 50.4 Å². The first-order valence-corrected chi connectivity index (χ1v) is 7.98. The van der Waals surface area contributed by atoms with Crippen molar-refractivity contribution in [3.63, 3.8) is 0 Å². The minimum atomic E-state index is -0.124.